The Hall–Kier alpha value is -3.61. The summed E-state index contributed by atoms with van der Waals surface area (Å²) in [5.41, 5.74) is 4.14. The minimum absolute atomic E-state index is 0.133. The second kappa shape index (κ2) is 6.45. The molecule has 2 aromatic carbocycles. The quantitative estimate of drug-likeness (QED) is 0.615. The van der Waals surface area contributed by atoms with Crippen LogP contribution < -0.4 is 4.90 Å². The van der Waals surface area contributed by atoms with Crippen molar-refractivity contribution in [3.05, 3.63) is 64.7 Å². The number of benzene rings is 2. The number of aryl methyl sites for hydroxylation is 2. The molecular weight excluding hydrogens is 382 g/mol. The molecule has 2 aliphatic rings. The van der Waals surface area contributed by atoms with Crippen molar-refractivity contribution in [2.24, 2.45) is 5.92 Å². The van der Waals surface area contributed by atoms with E-state index in [9.17, 15) is 19.8 Å². The van der Waals surface area contributed by atoms with E-state index in [1.165, 1.54) is 4.90 Å². The molecule has 5 rings (SSSR count). The molecule has 1 unspecified atom stereocenters. The molecule has 0 bridgehead atoms. The highest BCUT2D eigenvalue weighted by molar-refractivity contribution is 6.17. The van der Waals surface area contributed by atoms with Crippen LogP contribution in [0.5, 0.6) is 5.75 Å². The molecule has 1 aromatic heterocycles. The van der Waals surface area contributed by atoms with Crippen LogP contribution in [0.4, 0.5) is 5.69 Å². The van der Waals surface area contributed by atoms with E-state index >= 15 is 0 Å². The largest absolute Gasteiger partial charge is 0.507 e. The maximum atomic E-state index is 13.1. The van der Waals surface area contributed by atoms with Gasteiger partial charge < -0.3 is 15.2 Å². The lowest BCUT2D eigenvalue weighted by atomic mass is 9.91. The topological polar surface area (TPSA) is 107 Å². The highest BCUT2D eigenvalue weighted by Gasteiger charge is 2.47. The van der Waals surface area contributed by atoms with Gasteiger partial charge in [-0.15, -0.1) is 0 Å². The van der Waals surface area contributed by atoms with Crippen molar-refractivity contribution >= 4 is 28.4 Å². The van der Waals surface area contributed by atoms with Gasteiger partial charge >= 0.3 is 0 Å². The molecule has 7 heteroatoms. The van der Waals surface area contributed by atoms with E-state index in [1.807, 2.05) is 6.07 Å². The molecule has 1 saturated carbocycles. The lowest BCUT2D eigenvalue weighted by molar-refractivity contribution is -0.118. The number of phenolic OH excluding ortho intramolecular Hbond substituents is 1. The van der Waals surface area contributed by atoms with Crippen LogP contribution in [-0.2, 0) is 9.59 Å². The third-order valence-corrected chi connectivity index (χ3v) is 5.93. The molecule has 1 fully saturated rings. The molecule has 1 amide bonds. The number of hydrogen-bond acceptors (Lipinski definition) is 5. The Kier molecular flexibility index (Phi) is 3.96. The van der Waals surface area contributed by atoms with E-state index in [0.717, 1.165) is 18.4 Å². The van der Waals surface area contributed by atoms with Gasteiger partial charge in [-0.25, -0.2) is 4.98 Å². The Morgan fingerprint density at radius 2 is 1.83 bits per heavy atom. The Bertz CT molecular complexity index is 1230. The number of ketones is 1. The van der Waals surface area contributed by atoms with Crippen molar-refractivity contribution in [2.45, 2.75) is 32.7 Å². The van der Waals surface area contributed by atoms with Gasteiger partial charge in [0.25, 0.3) is 5.91 Å². The van der Waals surface area contributed by atoms with Crippen LogP contribution in [-0.4, -0.2) is 31.9 Å². The van der Waals surface area contributed by atoms with Crippen LogP contribution in [0.3, 0.4) is 0 Å². The number of fused-ring (bicyclic) bond motifs is 1. The first kappa shape index (κ1) is 18.4. The Balaban J connectivity index is 1.70. The van der Waals surface area contributed by atoms with Crippen molar-refractivity contribution in [3.63, 3.8) is 0 Å². The van der Waals surface area contributed by atoms with Gasteiger partial charge in [-0.2, -0.15) is 0 Å². The molecule has 30 heavy (non-hydrogen) atoms. The number of H-pyrrole nitrogens is 1. The molecule has 2 heterocycles. The van der Waals surface area contributed by atoms with Crippen molar-refractivity contribution in [1.82, 2.24) is 9.97 Å². The molecule has 0 saturated heterocycles. The Morgan fingerprint density at radius 1 is 1.13 bits per heavy atom. The van der Waals surface area contributed by atoms with Gasteiger partial charge in [-0.1, -0.05) is 0 Å². The number of carbonyl (C=O) groups excluding carboxylic acids is 2. The number of aliphatic hydroxyl groups excluding tert-OH is 1. The summed E-state index contributed by atoms with van der Waals surface area (Å²) in [6.45, 7) is 3.55. The summed E-state index contributed by atoms with van der Waals surface area (Å²) < 4.78 is 0. The summed E-state index contributed by atoms with van der Waals surface area (Å²) in [6, 6.07) is 8.10. The lowest BCUT2D eigenvalue weighted by Crippen LogP contribution is -2.31. The first-order chi connectivity index (χ1) is 14.4. The first-order valence-corrected chi connectivity index (χ1v) is 9.91. The number of aromatic hydroxyl groups is 1. The van der Waals surface area contributed by atoms with Gasteiger partial charge in [0.2, 0.25) is 0 Å². The number of nitrogens with one attached hydrogen (secondary N) is 1. The number of hydrogen-bond donors (Lipinski definition) is 3. The van der Waals surface area contributed by atoms with Crippen LogP contribution in [0.1, 0.15) is 35.6 Å². The number of aliphatic hydroxyl groups is 1. The third kappa shape index (κ3) is 2.69. The van der Waals surface area contributed by atoms with Gasteiger partial charge in [-0.3, -0.25) is 14.5 Å². The maximum absolute atomic E-state index is 13.1. The zero-order chi connectivity index (χ0) is 21.2. The van der Waals surface area contributed by atoms with Crippen LogP contribution in [0.15, 0.2) is 48.0 Å². The second-order valence-electron chi connectivity index (χ2n) is 8.09. The average Bonchev–Trinajstić information content (AvgIpc) is 3.41. The van der Waals surface area contributed by atoms with Gasteiger partial charge in [0.05, 0.1) is 29.0 Å². The van der Waals surface area contributed by atoms with Gasteiger partial charge in [0.15, 0.2) is 11.5 Å². The number of imidazole rings is 1. The van der Waals surface area contributed by atoms with E-state index in [1.54, 1.807) is 44.4 Å². The number of amides is 1. The summed E-state index contributed by atoms with van der Waals surface area (Å²) in [5.74, 6) is -1.26. The number of phenols is 1. The minimum atomic E-state index is -0.764. The number of carbonyl (C=O) groups is 2. The van der Waals surface area contributed by atoms with E-state index in [2.05, 4.69) is 9.97 Å². The molecule has 1 aliphatic carbocycles. The van der Waals surface area contributed by atoms with Crippen LogP contribution >= 0.6 is 0 Å². The molecule has 3 N–H and O–H groups in total. The van der Waals surface area contributed by atoms with E-state index < -0.39 is 17.7 Å². The molecule has 7 nitrogen and oxygen atoms in total. The van der Waals surface area contributed by atoms with Gasteiger partial charge in [-0.05, 0) is 73.7 Å². The smallest absolute Gasteiger partial charge is 0.294 e. The molecule has 0 spiro atoms. The van der Waals surface area contributed by atoms with Gasteiger partial charge in [0, 0.05) is 11.6 Å². The summed E-state index contributed by atoms with van der Waals surface area (Å²) >= 11 is 0. The number of Topliss-reactive ketones (excluding diaryl/α,β-unsaturated/α-hetero) is 1. The predicted octanol–water partition coefficient (Wildman–Crippen LogP) is 3.76. The minimum Gasteiger partial charge on any atom is -0.507 e. The van der Waals surface area contributed by atoms with Crippen molar-refractivity contribution in [3.8, 4) is 5.75 Å². The molecule has 0 radical (unpaired) electrons. The second-order valence-corrected chi connectivity index (χ2v) is 8.09. The fourth-order valence-electron chi connectivity index (χ4n) is 4.22. The van der Waals surface area contributed by atoms with E-state index in [0.29, 0.717) is 27.9 Å². The maximum Gasteiger partial charge on any atom is 0.294 e. The molecule has 1 aliphatic heterocycles. The Labute approximate surface area is 172 Å². The highest BCUT2D eigenvalue weighted by Crippen LogP contribution is 2.46. The molecule has 3 aromatic rings. The Morgan fingerprint density at radius 3 is 2.50 bits per heavy atom. The van der Waals surface area contributed by atoms with E-state index in [-0.39, 0.29) is 23.0 Å². The van der Waals surface area contributed by atoms with Crippen LogP contribution in [0.25, 0.3) is 11.0 Å². The molecular formula is C23H21N3O4. The van der Waals surface area contributed by atoms with Gasteiger partial charge in [0.1, 0.15) is 5.75 Å². The van der Waals surface area contributed by atoms with Crippen molar-refractivity contribution in [1.29, 1.82) is 0 Å². The number of nitrogens with zero attached hydrogens (tertiary/aromatic N) is 2. The fourth-order valence-corrected chi connectivity index (χ4v) is 4.22. The van der Waals surface area contributed by atoms with E-state index in [4.69, 9.17) is 0 Å². The van der Waals surface area contributed by atoms with Crippen LogP contribution in [0.2, 0.25) is 0 Å². The average molecular weight is 403 g/mol. The summed E-state index contributed by atoms with van der Waals surface area (Å²) in [5, 5.41) is 20.9. The summed E-state index contributed by atoms with van der Waals surface area (Å²) in [6.07, 6.45) is 3.11. The predicted molar refractivity (Wildman–Crippen MR) is 111 cm³/mol. The number of aromatic nitrogens is 2. The monoisotopic (exact) mass is 403 g/mol. The molecule has 1 atom stereocenters. The fraction of sp³-hybridized carbons (Fsp3) is 0.261. The summed E-state index contributed by atoms with van der Waals surface area (Å²) in [7, 11) is 0. The normalized spacial score (nSPS) is 19.2. The standard InChI is InChI=1S/C23H21N3O4/c1-11-7-14(8-12(2)20(11)27)19-18(21(28)13-3-4-13)22(29)23(30)26(19)15-5-6-16-17(9-15)25-10-24-16/h5-10,13,19,27,29H,3-4H2,1-2H3,(H,24,25). The van der Waals surface area contributed by atoms with Crippen molar-refractivity contribution < 1.29 is 19.8 Å². The molecule has 152 valence electrons. The third-order valence-electron chi connectivity index (χ3n) is 5.93. The zero-order valence-corrected chi connectivity index (χ0v) is 16.6. The SMILES string of the molecule is Cc1cc(C2C(C(=O)C3CC3)=C(O)C(=O)N2c2ccc3[nH]cnc3c2)cc(C)c1O. The lowest BCUT2D eigenvalue weighted by Gasteiger charge is -2.27. The number of anilines is 1. The summed E-state index contributed by atoms with van der Waals surface area (Å²) in [4.78, 5) is 34.9. The number of aromatic amines is 1. The highest BCUT2D eigenvalue weighted by atomic mass is 16.3. The first-order valence-electron chi connectivity index (χ1n) is 9.91. The number of rotatable bonds is 4. The van der Waals surface area contributed by atoms with Crippen LogP contribution in [0, 0.1) is 19.8 Å². The van der Waals surface area contributed by atoms with Crippen molar-refractivity contribution in [2.75, 3.05) is 4.90 Å². The zero-order valence-electron chi connectivity index (χ0n) is 16.6.